The van der Waals surface area contributed by atoms with Gasteiger partial charge in [-0.1, -0.05) is 32.9 Å². The molecule has 0 fully saturated rings. The van der Waals surface area contributed by atoms with Crippen molar-refractivity contribution in [2.24, 2.45) is 5.41 Å². The minimum absolute atomic E-state index is 0. The van der Waals surface area contributed by atoms with Crippen LogP contribution in [-0.2, 0) is 38.7 Å². The van der Waals surface area contributed by atoms with Crippen LogP contribution >= 0.6 is 0 Å². The molecule has 0 bridgehead atoms. The van der Waals surface area contributed by atoms with E-state index >= 15 is 0 Å². The van der Waals surface area contributed by atoms with Crippen molar-refractivity contribution < 1.29 is 41.6 Å². The predicted molar refractivity (Wildman–Crippen MR) is 117 cm³/mol. The first-order chi connectivity index (χ1) is 13.8. The molecule has 0 aromatic carbocycles. The number of hydrogen-bond acceptors (Lipinski definition) is 8. The maximum atomic E-state index is 12.7. The standard InChI is InChI=1S/C20H32O9S.K.H/c1-6-20(13-28-17(21)15(2)3,14-29-18(22)16(4)5)19(23)27-11-9-7-8-10-12-30(24,25)26;;/h2,4,6-14H2,1,3,5H3,(H,24,25,26);;. The Morgan fingerprint density at radius 3 is 1.71 bits per heavy atom. The first-order valence-electron chi connectivity index (χ1n) is 9.62. The van der Waals surface area contributed by atoms with E-state index in [1.165, 1.54) is 13.8 Å². The Bertz CT molecular complexity index is 714. The summed E-state index contributed by atoms with van der Waals surface area (Å²) in [6, 6.07) is 0. The fraction of sp³-hybridized carbons (Fsp3) is 0.650. The van der Waals surface area contributed by atoms with E-state index in [0.29, 0.717) is 25.7 Å². The molecule has 0 spiro atoms. The van der Waals surface area contributed by atoms with Gasteiger partial charge in [0, 0.05) is 11.1 Å². The number of esters is 3. The van der Waals surface area contributed by atoms with Crippen molar-refractivity contribution in [2.75, 3.05) is 25.6 Å². The van der Waals surface area contributed by atoms with Crippen LogP contribution in [0.25, 0.3) is 0 Å². The Kier molecular flexibility index (Phi) is 17.0. The molecule has 0 aliphatic heterocycles. The van der Waals surface area contributed by atoms with Gasteiger partial charge in [0.15, 0.2) is 0 Å². The van der Waals surface area contributed by atoms with Crippen LogP contribution in [0.2, 0.25) is 0 Å². The molecule has 0 radical (unpaired) electrons. The third-order valence-electron chi connectivity index (χ3n) is 4.30. The monoisotopic (exact) mass is 488 g/mol. The number of ether oxygens (including phenoxy) is 3. The SMILES string of the molecule is C=C(C)C(=O)OCC(CC)(COC(=O)C(=C)C)C(=O)OCCCCCCS(=O)(=O)O.[KH]. The molecule has 0 saturated carbocycles. The molecule has 0 amide bonds. The van der Waals surface area contributed by atoms with Crippen molar-refractivity contribution in [2.45, 2.75) is 52.9 Å². The van der Waals surface area contributed by atoms with Crippen molar-refractivity contribution in [3.63, 3.8) is 0 Å². The fourth-order valence-corrected chi connectivity index (χ4v) is 2.79. The molecular formula is C20H33KO9S. The van der Waals surface area contributed by atoms with Crippen molar-refractivity contribution >= 4 is 79.4 Å². The van der Waals surface area contributed by atoms with E-state index in [1.807, 2.05) is 0 Å². The normalized spacial score (nSPS) is 11.1. The van der Waals surface area contributed by atoms with E-state index in [2.05, 4.69) is 13.2 Å². The summed E-state index contributed by atoms with van der Waals surface area (Å²) >= 11 is 0. The van der Waals surface area contributed by atoms with Crippen LogP contribution in [0.4, 0.5) is 0 Å². The summed E-state index contributed by atoms with van der Waals surface area (Å²) in [7, 11) is -3.97. The molecule has 0 aromatic rings. The van der Waals surface area contributed by atoms with E-state index in [4.69, 9.17) is 18.8 Å². The second kappa shape index (κ2) is 16.1. The molecular weight excluding hydrogens is 455 g/mol. The van der Waals surface area contributed by atoms with Gasteiger partial charge < -0.3 is 14.2 Å². The molecule has 0 aliphatic carbocycles. The summed E-state index contributed by atoms with van der Waals surface area (Å²) in [6.45, 7) is 11.0. The zero-order chi connectivity index (χ0) is 23.4. The number of hydrogen-bond donors (Lipinski definition) is 1. The number of carbonyl (C=O) groups excluding carboxylic acids is 3. The van der Waals surface area contributed by atoms with Gasteiger partial charge in [-0.2, -0.15) is 8.42 Å². The Morgan fingerprint density at radius 2 is 1.32 bits per heavy atom. The van der Waals surface area contributed by atoms with Crippen molar-refractivity contribution in [1.29, 1.82) is 0 Å². The maximum absolute atomic E-state index is 12.7. The molecule has 31 heavy (non-hydrogen) atoms. The van der Waals surface area contributed by atoms with Crippen LogP contribution < -0.4 is 0 Å². The van der Waals surface area contributed by atoms with Gasteiger partial charge in [-0.3, -0.25) is 9.35 Å². The number of rotatable bonds is 15. The third-order valence-corrected chi connectivity index (χ3v) is 5.10. The van der Waals surface area contributed by atoms with E-state index in [-0.39, 0.29) is 94.5 Å². The van der Waals surface area contributed by atoms with Crippen LogP contribution in [0.15, 0.2) is 24.3 Å². The molecule has 11 heteroatoms. The van der Waals surface area contributed by atoms with Crippen molar-refractivity contribution in [1.82, 2.24) is 0 Å². The van der Waals surface area contributed by atoms with Gasteiger partial charge in [-0.15, -0.1) is 0 Å². The molecule has 174 valence electrons. The topological polar surface area (TPSA) is 133 Å². The van der Waals surface area contributed by atoms with Crippen molar-refractivity contribution in [3.05, 3.63) is 24.3 Å². The predicted octanol–water partition coefficient (Wildman–Crippen LogP) is 1.96. The fourth-order valence-electron chi connectivity index (χ4n) is 2.22. The Labute approximate surface area is 227 Å². The summed E-state index contributed by atoms with van der Waals surface area (Å²) < 4.78 is 45.6. The van der Waals surface area contributed by atoms with Gasteiger partial charge in [-0.25, -0.2) is 9.59 Å². The van der Waals surface area contributed by atoms with Gasteiger partial charge in [0.2, 0.25) is 0 Å². The molecule has 0 rings (SSSR count). The number of unbranched alkanes of at least 4 members (excludes halogenated alkanes) is 3. The summed E-state index contributed by atoms with van der Waals surface area (Å²) in [4.78, 5) is 36.2. The average Bonchev–Trinajstić information content (AvgIpc) is 2.65. The summed E-state index contributed by atoms with van der Waals surface area (Å²) in [5.74, 6) is -2.34. The Hall–Kier alpha value is -0.564. The molecule has 0 atom stereocenters. The zero-order valence-electron chi connectivity index (χ0n) is 17.9. The zero-order valence-corrected chi connectivity index (χ0v) is 18.7. The molecule has 0 aliphatic rings. The first kappa shape index (κ1) is 32.6. The van der Waals surface area contributed by atoms with Gasteiger partial charge in [-0.05, 0) is 33.1 Å². The van der Waals surface area contributed by atoms with Crippen LogP contribution in [0.5, 0.6) is 0 Å². The molecule has 0 saturated heterocycles. The van der Waals surface area contributed by atoms with Gasteiger partial charge in [0.25, 0.3) is 10.1 Å². The van der Waals surface area contributed by atoms with Crippen LogP contribution in [0, 0.1) is 5.41 Å². The van der Waals surface area contributed by atoms with Gasteiger partial charge in [0.05, 0.1) is 12.4 Å². The van der Waals surface area contributed by atoms with Crippen molar-refractivity contribution in [3.8, 4) is 0 Å². The average molecular weight is 489 g/mol. The first-order valence-corrected chi connectivity index (χ1v) is 11.2. The second-order valence-electron chi connectivity index (χ2n) is 7.18. The van der Waals surface area contributed by atoms with E-state index in [1.54, 1.807) is 6.92 Å². The van der Waals surface area contributed by atoms with E-state index < -0.39 is 33.4 Å². The quantitative estimate of drug-likeness (QED) is 0.0917. The summed E-state index contributed by atoms with van der Waals surface area (Å²) in [5, 5.41) is 0. The third kappa shape index (κ3) is 14.2. The Balaban J connectivity index is 0. The van der Waals surface area contributed by atoms with Gasteiger partial charge in [0.1, 0.15) is 18.6 Å². The molecule has 1 N–H and O–H groups in total. The summed E-state index contributed by atoms with van der Waals surface area (Å²) in [6.07, 6.45) is 2.11. The Morgan fingerprint density at radius 1 is 0.871 bits per heavy atom. The molecule has 0 unspecified atom stereocenters. The second-order valence-corrected chi connectivity index (χ2v) is 8.76. The van der Waals surface area contributed by atoms with Crippen LogP contribution in [-0.4, -0.2) is 108 Å². The minimum atomic E-state index is -3.97. The molecule has 9 nitrogen and oxygen atoms in total. The molecule has 0 heterocycles. The number of carbonyl (C=O) groups is 3. The van der Waals surface area contributed by atoms with Gasteiger partial charge >= 0.3 is 69.3 Å². The molecule has 0 aromatic heterocycles. The van der Waals surface area contributed by atoms with E-state index in [9.17, 15) is 22.8 Å². The summed E-state index contributed by atoms with van der Waals surface area (Å²) in [5.41, 5.74) is -1.05. The van der Waals surface area contributed by atoms with Crippen LogP contribution in [0.3, 0.4) is 0 Å². The van der Waals surface area contributed by atoms with E-state index in [0.717, 1.165) is 0 Å². The van der Waals surface area contributed by atoms with Crippen LogP contribution in [0.1, 0.15) is 52.9 Å².